The lowest BCUT2D eigenvalue weighted by molar-refractivity contribution is -0.118. The van der Waals surface area contributed by atoms with E-state index in [-0.39, 0.29) is 36.0 Å². The summed E-state index contributed by atoms with van der Waals surface area (Å²) in [6, 6.07) is 4.89. The van der Waals surface area contributed by atoms with Crippen LogP contribution in [0.4, 0.5) is 4.39 Å². The van der Waals surface area contributed by atoms with Crippen molar-refractivity contribution in [2.75, 3.05) is 13.2 Å². The number of amides is 1. The van der Waals surface area contributed by atoms with Gasteiger partial charge in [-0.3, -0.25) is 14.6 Å². The Morgan fingerprint density at radius 3 is 2.83 bits per heavy atom. The molecule has 1 aromatic heterocycles. The number of carbonyl (C=O) groups is 1. The van der Waals surface area contributed by atoms with Gasteiger partial charge in [0.1, 0.15) is 24.7 Å². The van der Waals surface area contributed by atoms with E-state index in [2.05, 4.69) is 4.98 Å². The lowest BCUT2D eigenvalue weighted by Crippen LogP contribution is -2.23. The van der Waals surface area contributed by atoms with Crippen molar-refractivity contribution in [2.24, 2.45) is 5.73 Å². The van der Waals surface area contributed by atoms with Crippen LogP contribution in [0.3, 0.4) is 0 Å². The molecule has 7 nitrogen and oxygen atoms in total. The highest BCUT2D eigenvalue weighted by Gasteiger charge is 2.14. The van der Waals surface area contributed by atoms with Crippen LogP contribution >= 0.6 is 12.2 Å². The van der Waals surface area contributed by atoms with Gasteiger partial charge >= 0.3 is 0 Å². The summed E-state index contributed by atoms with van der Waals surface area (Å²) in [5, 5.41) is 8.86. The minimum Gasteiger partial charge on any atom is -0.490 e. The molecular weight excluding hydrogens is 325 g/mol. The van der Waals surface area contributed by atoms with Crippen molar-refractivity contribution in [1.29, 1.82) is 0 Å². The Hall–Kier alpha value is -2.52. The van der Waals surface area contributed by atoms with Gasteiger partial charge in [-0.25, -0.2) is 4.39 Å². The van der Waals surface area contributed by atoms with Crippen LogP contribution in [-0.4, -0.2) is 33.8 Å². The van der Waals surface area contributed by atoms with Crippen molar-refractivity contribution in [2.45, 2.75) is 6.54 Å². The quantitative estimate of drug-likeness (QED) is 0.667. The SMILES string of the molecule is NC(=O)Cn1c(-c2ccc(F)cc2OCCO)cc(=O)[nH]c1=S. The van der Waals surface area contributed by atoms with Gasteiger partial charge in [0.05, 0.1) is 12.3 Å². The number of aromatic amines is 1. The number of rotatable bonds is 6. The highest BCUT2D eigenvalue weighted by molar-refractivity contribution is 7.71. The van der Waals surface area contributed by atoms with Crippen LogP contribution in [0.25, 0.3) is 11.3 Å². The molecule has 4 N–H and O–H groups in total. The first-order valence-electron chi connectivity index (χ1n) is 6.58. The number of nitrogens with zero attached hydrogens (tertiary/aromatic N) is 1. The predicted octanol–water partition coefficient (Wildman–Crippen LogP) is 0.568. The normalized spacial score (nSPS) is 10.5. The molecule has 0 aliphatic rings. The monoisotopic (exact) mass is 339 g/mol. The fraction of sp³-hybridized carbons (Fsp3) is 0.214. The summed E-state index contributed by atoms with van der Waals surface area (Å²) in [6.07, 6.45) is 0. The number of benzene rings is 1. The number of hydrogen-bond donors (Lipinski definition) is 3. The maximum Gasteiger partial charge on any atom is 0.252 e. The fourth-order valence-corrected chi connectivity index (χ4v) is 2.30. The zero-order valence-electron chi connectivity index (χ0n) is 11.9. The fourth-order valence-electron chi connectivity index (χ4n) is 2.04. The van der Waals surface area contributed by atoms with Crippen molar-refractivity contribution in [3.05, 3.63) is 45.2 Å². The van der Waals surface area contributed by atoms with Gasteiger partial charge in [0.2, 0.25) is 5.91 Å². The van der Waals surface area contributed by atoms with Crippen molar-refractivity contribution in [3.8, 4) is 17.0 Å². The second-order valence-electron chi connectivity index (χ2n) is 4.59. The van der Waals surface area contributed by atoms with E-state index in [4.69, 9.17) is 27.8 Å². The highest BCUT2D eigenvalue weighted by Crippen LogP contribution is 2.30. The van der Waals surface area contributed by atoms with Crippen LogP contribution in [0, 0.1) is 10.6 Å². The van der Waals surface area contributed by atoms with Crippen molar-refractivity contribution in [3.63, 3.8) is 0 Å². The Kier molecular flexibility index (Phi) is 5.24. The molecule has 0 bridgehead atoms. The van der Waals surface area contributed by atoms with E-state index >= 15 is 0 Å². The number of aliphatic hydroxyl groups is 1. The first-order chi connectivity index (χ1) is 10.9. The molecule has 1 aromatic carbocycles. The molecule has 0 radical (unpaired) electrons. The second-order valence-corrected chi connectivity index (χ2v) is 4.98. The lowest BCUT2D eigenvalue weighted by Gasteiger charge is -2.15. The maximum atomic E-state index is 13.4. The standard InChI is InChI=1S/C14H14FN3O4S/c15-8-1-2-9(11(5-8)22-4-3-19)10-6-13(21)17-14(23)18(10)7-12(16)20/h1-2,5-6,19H,3-4,7H2,(H2,16,20)(H,17,21,23). The van der Waals surface area contributed by atoms with Crippen molar-refractivity contribution >= 4 is 18.1 Å². The summed E-state index contributed by atoms with van der Waals surface area (Å²) in [4.78, 5) is 25.3. The highest BCUT2D eigenvalue weighted by atomic mass is 32.1. The molecule has 2 rings (SSSR count). The third-order valence-corrected chi connectivity index (χ3v) is 3.24. The van der Waals surface area contributed by atoms with E-state index in [1.54, 1.807) is 0 Å². The molecule has 23 heavy (non-hydrogen) atoms. The minimum absolute atomic E-state index is 0.00346. The molecule has 0 saturated carbocycles. The first kappa shape index (κ1) is 16.8. The van der Waals surface area contributed by atoms with Gasteiger partial charge in [0.15, 0.2) is 4.77 Å². The average Bonchev–Trinajstić information content (AvgIpc) is 2.47. The molecule has 1 heterocycles. The smallest absolute Gasteiger partial charge is 0.252 e. The number of aromatic nitrogens is 2. The Labute approximate surface area is 135 Å². The summed E-state index contributed by atoms with van der Waals surface area (Å²) < 4.78 is 20.1. The zero-order valence-corrected chi connectivity index (χ0v) is 12.7. The molecule has 1 amide bonds. The maximum absolute atomic E-state index is 13.4. The molecule has 0 aliphatic carbocycles. The Bertz CT molecular complexity index is 847. The number of aliphatic hydroxyl groups excluding tert-OH is 1. The number of hydrogen-bond acceptors (Lipinski definition) is 5. The van der Waals surface area contributed by atoms with Gasteiger partial charge in [-0.1, -0.05) is 0 Å². The largest absolute Gasteiger partial charge is 0.490 e. The minimum atomic E-state index is -0.658. The van der Waals surface area contributed by atoms with Gasteiger partial charge in [-0.2, -0.15) is 0 Å². The van der Waals surface area contributed by atoms with Crippen LogP contribution in [0.5, 0.6) is 5.75 Å². The van der Waals surface area contributed by atoms with E-state index in [0.29, 0.717) is 5.56 Å². The van der Waals surface area contributed by atoms with E-state index in [9.17, 15) is 14.0 Å². The molecule has 122 valence electrons. The summed E-state index contributed by atoms with van der Waals surface area (Å²) in [7, 11) is 0. The van der Waals surface area contributed by atoms with E-state index in [1.165, 1.54) is 22.8 Å². The molecule has 0 spiro atoms. The topological polar surface area (TPSA) is 110 Å². The number of nitrogens with two attached hydrogens (primary N) is 1. The molecule has 0 saturated heterocycles. The molecule has 0 atom stereocenters. The number of carbonyl (C=O) groups excluding carboxylic acids is 1. The lowest BCUT2D eigenvalue weighted by atomic mass is 10.1. The third kappa shape index (κ3) is 4.02. The predicted molar refractivity (Wildman–Crippen MR) is 83.1 cm³/mol. The molecule has 9 heteroatoms. The number of ether oxygens (including phenoxy) is 1. The Morgan fingerprint density at radius 1 is 1.43 bits per heavy atom. The molecule has 0 aliphatic heterocycles. The average molecular weight is 339 g/mol. The summed E-state index contributed by atoms with van der Waals surface area (Å²) in [5.41, 5.74) is 5.32. The molecule has 0 unspecified atom stereocenters. The van der Waals surface area contributed by atoms with Crippen LogP contribution in [0.15, 0.2) is 29.1 Å². The van der Waals surface area contributed by atoms with E-state index < -0.39 is 17.3 Å². The second kappa shape index (κ2) is 7.16. The molecule has 2 aromatic rings. The Morgan fingerprint density at radius 2 is 2.17 bits per heavy atom. The van der Waals surface area contributed by atoms with E-state index in [1.807, 2.05) is 0 Å². The third-order valence-electron chi connectivity index (χ3n) is 2.92. The van der Waals surface area contributed by atoms with Gasteiger partial charge < -0.3 is 20.1 Å². The number of halogens is 1. The number of primary amides is 1. The van der Waals surface area contributed by atoms with Crippen LogP contribution in [0.1, 0.15) is 0 Å². The molecular formula is C14H14FN3O4S. The summed E-state index contributed by atoms with van der Waals surface area (Å²) in [6.45, 7) is -0.586. The van der Waals surface area contributed by atoms with Crippen LogP contribution < -0.4 is 16.0 Å². The summed E-state index contributed by atoms with van der Waals surface area (Å²) in [5.74, 6) is -1.10. The van der Waals surface area contributed by atoms with Gasteiger partial charge in [0, 0.05) is 17.7 Å². The Balaban J connectivity index is 2.68. The van der Waals surface area contributed by atoms with Crippen LogP contribution in [0.2, 0.25) is 0 Å². The number of nitrogens with one attached hydrogen (secondary N) is 1. The first-order valence-corrected chi connectivity index (χ1v) is 6.99. The van der Waals surface area contributed by atoms with Crippen LogP contribution in [-0.2, 0) is 11.3 Å². The van der Waals surface area contributed by atoms with Gasteiger partial charge in [0.25, 0.3) is 5.56 Å². The summed E-state index contributed by atoms with van der Waals surface area (Å²) >= 11 is 5.05. The number of H-pyrrole nitrogens is 1. The van der Waals surface area contributed by atoms with Gasteiger partial charge in [-0.15, -0.1) is 0 Å². The van der Waals surface area contributed by atoms with E-state index in [0.717, 1.165) is 6.07 Å². The van der Waals surface area contributed by atoms with Crippen molar-refractivity contribution < 1.29 is 19.0 Å². The van der Waals surface area contributed by atoms with Gasteiger partial charge in [-0.05, 0) is 24.4 Å². The molecule has 0 fully saturated rings. The zero-order chi connectivity index (χ0) is 17.0. The van der Waals surface area contributed by atoms with Crippen molar-refractivity contribution in [1.82, 2.24) is 9.55 Å².